The molecular weight excluding hydrogens is 356 g/mol. The zero-order chi connectivity index (χ0) is 20.9. The van der Waals surface area contributed by atoms with E-state index < -0.39 is 41.6 Å². The van der Waals surface area contributed by atoms with Crippen LogP contribution in [-0.4, -0.2) is 55.7 Å². The molecule has 156 valence electrons. The predicted molar refractivity (Wildman–Crippen MR) is 96.7 cm³/mol. The average molecular weight is 388 g/mol. The van der Waals surface area contributed by atoms with Gasteiger partial charge >= 0.3 is 17.9 Å². The van der Waals surface area contributed by atoms with Crippen molar-refractivity contribution in [3.63, 3.8) is 0 Å². The third-order valence-corrected chi connectivity index (χ3v) is 4.44. The highest BCUT2D eigenvalue weighted by Crippen LogP contribution is 2.28. The number of hydrogen-bond donors (Lipinski definition) is 1. The van der Waals surface area contributed by atoms with E-state index in [1.165, 1.54) is 6.42 Å². The van der Waals surface area contributed by atoms with Crippen LogP contribution in [0.15, 0.2) is 0 Å². The van der Waals surface area contributed by atoms with Gasteiger partial charge in [-0.05, 0) is 6.42 Å². The molecule has 0 aromatic heterocycles. The first-order valence-corrected chi connectivity index (χ1v) is 9.26. The maximum atomic E-state index is 12.6. The number of methoxy groups -OCH3 is 3. The summed E-state index contributed by atoms with van der Waals surface area (Å²) in [6.07, 6.45) is 5.86. The molecule has 8 nitrogen and oxygen atoms in total. The number of ether oxygens (including phenoxy) is 3. The maximum absolute atomic E-state index is 12.6. The summed E-state index contributed by atoms with van der Waals surface area (Å²) in [6, 6.07) is 0. The zero-order valence-electron chi connectivity index (χ0n) is 16.7. The molecular formula is C19H32O8. The lowest BCUT2D eigenvalue weighted by atomic mass is 9.80. The normalized spacial score (nSPS) is 14.0. The van der Waals surface area contributed by atoms with E-state index in [0.29, 0.717) is 6.42 Å². The Balaban J connectivity index is 5.14. The van der Waals surface area contributed by atoms with Gasteiger partial charge in [0.25, 0.3) is 0 Å². The number of ketones is 1. The molecule has 2 atom stereocenters. The summed E-state index contributed by atoms with van der Waals surface area (Å²) < 4.78 is 13.6. The molecule has 0 heterocycles. The van der Waals surface area contributed by atoms with Gasteiger partial charge < -0.3 is 19.3 Å². The molecule has 8 heteroatoms. The standard InChI is InChI=1S/C19H32O8/c1-5-6-7-8-9-10-11-12-14(20)16(17(22)26-3)19(24,18(23)27-4)13-15(21)25-2/h16,24H,5-13H2,1-4H3. The maximum Gasteiger partial charge on any atom is 0.339 e. The van der Waals surface area contributed by atoms with E-state index in [1.54, 1.807) is 0 Å². The molecule has 0 aliphatic carbocycles. The Morgan fingerprint density at radius 1 is 0.852 bits per heavy atom. The van der Waals surface area contributed by atoms with Gasteiger partial charge in [-0.15, -0.1) is 0 Å². The van der Waals surface area contributed by atoms with Crippen LogP contribution in [-0.2, 0) is 33.4 Å². The minimum Gasteiger partial charge on any atom is -0.469 e. The van der Waals surface area contributed by atoms with Crippen LogP contribution in [0.25, 0.3) is 0 Å². The molecule has 0 spiro atoms. The first-order valence-electron chi connectivity index (χ1n) is 9.26. The van der Waals surface area contributed by atoms with Crippen LogP contribution >= 0.6 is 0 Å². The molecule has 0 rings (SSSR count). The summed E-state index contributed by atoms with van der Waals surface area (Å²) in [6.45, 7) is 2.13. The summed E-state index contributed by atoms with van der Waals surface area (Å²) >= 11 is 0. The van der Waals surface area contributed by atoms with Gasteiger partial charge in [0.05, 0.1) is 27.8 Å². The van der Waals surface area contributed by atoms with Crippen LogP contribution in [0.1, 0.15) is 64.7 Å². The Kier molecular flexibility index (Phi) is 12.3. The van der Waals surface area contributed by atoms with Crippen molar-refractivity contribution in [2.45, 2.75) is 70.3 Å². The fourth-order valence-corrected chi connectivity index (χ4v) is 2.87. The third kappa shape index (κ3) is 8.07. The molecule has 2 unspecified atom stereocenters. The Morgan fingerprint density at radius 2 is 1.41 bits per heavy atom. The van der Waals surface area contributed by atoms with E-state index in [0.717, 1.165) is 53.4 Å². The van der Waals surface area contributed by atoms with E-state index in [2.05, 4.69) is 21.1 Å². The van der Waals surface area contributed by atoms with Gasteiger partial charge in [0.2, 0.25) is 0 Å². The highest BCUT2D eigenvalue weighted by atomic mass is 16.6. The lowest BCUT2D eigenvalue weighted by Gasteiger charge is -2.30. The summed E-state index contributed by atoms with van der Waals surface area (Å²) in [5.41, 5.74) is -2.67. The van der Waals surface area contributed by atoms with Gasteiger partial charge in [-0.3, -0.25) is 14.4 Å². The van der Waals surface area contributed by atoms with E-state index >= 15 is 0 Å². The number of aliphatic hydroxyl groups is 1. The molecule has 0 bridgehead atoms. The number of hydrogen-bond acceptors (Lipinski definition) is 8. The van der Waals surface area contributed by atoms with Gasteiger partial charge in [-0.2, -0.15) is 0 Å². The van der Waals surface area contributed by atoms with Crippen molar-refractivity contribution in [3.05, 3.63) is 0 Å². The van der Waals surface area contributed by atoms with E-state index in [1.807, 2.05) is 0 Å². The van der Waals surface area contributed by atoms with E-state index in [9.17, 15) is 24.3 Å². The smallest absolute Gasteiger partial charge is 0.339 e. The average Bonchev–Trinajstić information content (AvgIpc) is 2.66. The molecule has 0 saturated carbocycles. The second kappa shape index (κ2) is 13.2. The molecule has 1 N–H and O–H groups in total. The van der Waals surface area contributed by atoms with Gasteiger partial charge in [0.1, 0.15) is 0 Å². The highest BCUT2D eigenvalue weighted by Gasteiger charge is 2.54. The molecule has 0 aliphatic rings. The van der Waals surface area contributed by atoms with Gasteiger partial charge in [0.15, 0.2) is 17.3 Å². The Morgan fingerprint density at radius 3 is 1.89 bits per heavy atom. The molecule has 0 saturated heterocycles. The number of Topliss-reactive ketones (excluding diaryl/α,β-unsaturated/α-hetero) is 1. The zero-order valence-corrected chi connectivity index (χ0v) is 16.7. The number of carbonyl (C=O) groups is 4. The molecule has 0 amide bonds. The lowest BCUT2D eigenvalue weighted by Crippen LogP contribution is -2.54. The van der Waals surface area contributed by atoms with E-state index in [-0.39, 0.29) is 6.42 Å². The van der Waals surface area contributed by atoms with Gasteiger partial charge in [-0.1, -0.05) is 45.4 Å². The minimum absolute atomic E-state index is 0.0198. The van der Waals surface area contributed by atoms with Crippen molar-refractivity contribution in [1.29, 1.82) is 0 Å². The van der Waals surface area contributed by atoms with E-state index in [4.69, 9.17) is 0 Å². The number of esters is 3. The molecule has 27 heavy (non-hydrogen) atoms. The van der Waals surface area contributed by atoms with Crippen LogP contribution in [0.5, 0.6) is 0 Å². The first-order chi connectivity index (χ1) is 12.8. The lowest BCUT2D eigenvalue weighted by molar-refractivity contribution is -0.184. The Bertz CT molecular complexity index is 502. The topological polar surface area (TPSA) is 116 Å². The van der Waals surface area contributed by atoms with Crippen LogP contribution in [0.4, 0.5) is 0 Å². The van der Waals surface area contributed by atoms with Crippen LogP contribution in [0.3, 0.4) is 0 Å². The quantitative estimate of drug-likeness (QED) is 0.208. The Hall–Kier alpha value is -1.96. The fraction of sp³-hybridized carbons (Fsp3) is 0.789. The Labute approximate surface area is 160 Å². The number of rotatable bonds is 14. The SMILES string of the molecule is CCCCCCCCCC(=O)C(C(=O)OC)C(O)(CC(=O)OC)C(=O)OC. The summed E-state index contributed by atoms with van der Waals surface area (Å²) in [5.74, 6) is -5.85. The predicted octanol–water partition coefficient (Wildman–Crippen LogP) is 1.95. The molecule has 0 radical (unpaired) electrons. The minimum atomic E-state index is -2.67. The number of unbranched alkanes of at least 4 members (excludes halogenated alkanes) is 6. The van der Waals surface area contributed by atoms with Crippen LogP contribution in [0, 0.1) is 5.92 Å². The third-order valence-electron chi connectivity index (χ3n) is 4.44. The van der Waals surface area contributed by atoms with Crippen molar-refractivity contribution in [2.75, 3.05) is 21.3 Å². The number of carbonyl (C=O) groups excluding carboxylic acids is 4. The van der Waals surface area contributed by atoms with Crippen LogP contribution < -0.4 is 0 Å². The summed E-state index contributed by atoms with van der Waals surface area (Å²) in [4.78, 5) is 48.4. The summed E-state index contributed by atoms with van der Waals surface area (Å²) in [5, 5.41) is 10.7. The van der Waals surface area contributed by atoms with Crippen molar-refractivity contribution < 1.29 is 38.5 Å². The van der Waals surface area contributed by atoms with Crippen molar-refractivity contribution in [1.82, 2.24) is 0 Å². The molecule has 0 aliphatic heterocycles. The molecule has 0 fully saturated rings. The largest absolute Gasteiger partial charge is 0.469 e. The molecule has 0 aromatic carbocycles. The second-order valence-electron chi connectivity index (χ2n) is 6.46. The first kappa shape index (κ1) is 25.0. The van der Waals surface area contributed by atoms with Crippen molar-refractivity contribution in [2.24, 2.45) is 5.92 Å². The van der Waals surface area contributed by atoms with Crippen LogP contribution in [0.2, 0.25) is 0 Å². The van der Waals surface area contributed by atoms with Gasteiger partial charge in [0, 0.05) is 6.42 Å². The monoisotopic (exact) mass is 388 g/mol. The van der Waals surface area contributed by atoms with Crippen molar-refractivity contribution >= 4 is 23.7 Å². The second-order valence-corrected chi connectivity index (χ2v) is 6.46. The fourth-order valence-electron chi connectivity index (χ4n) is 2.87. The summed E-state index contributed by atoms with van der Waals surface area (Å²) in [7, 11) is 3.08. The van der Waals surface area contributed by atoms with Gasteiger partial charge in [-0.25, -0.2) is 4.79 Å². The van der Waals surface area contributed by atoms with Crippen molar-refractivity contribution in [3.8, 4) is 0 Å². The molecule has 0 aromatic rings. The highest BCUT2D eigenvalue weighted by molar-refractivity contribution is 6.06.